The molecule has 5 heteroatoms. The summed E-state index contributed by atoms with van der Waals surface area (Å²) < 4.78 is 0. The van der Waals surface area contributed by atoms with Crippen LogP contribution < -0.4 is 4.90 Å². The smallest absolute Gasteiger partial charge is 0.222 e. The Morgan fingerprint density at radius 1 is 1.17 bits per heavy atom. The molecule has 3 rings (SSSR count). The third-order valence-electron chi connectivity index (χ3n) is 5.58. The van der Waals surface area contributed by atoms with Crippen LogP contribution in [0, 0.1) is 12.8 Å². The number of amides is 1. The first-order valence-corrected chi connectivity index (χ1v) is 9.33. The fourth-order valence-electron chi connectivity index (χ4n) is 3.89. The summed E-state index contributed by atoms with van der Waals surface area (Å²) in [4.78, 5) is 23.7. The summed E-state index contributed by atoms with van der Waals surface area (Å²) in [5, 5.41) is 0. The lowest BCUT2D eigenvalue weighted by molar-refractivity contribution is -0.134. The fourth-order valence-corrected chi connectivity index (χ4v) is 3.89. The molecule has 0 aliphatic carbocycles. The van der Waals surface area contributed by atoms with E-state index in [1.54, 1.807) is 0 Å². The molecule has 1 aromatic rings. The van der Waals surface area contributed by atoms with Gasteiger partial charge in [0.25, 0.3) is 0 Å². The first-order chi connectivity index (χ1) is 11.7. The van der Waals surface area contributed by atoms with Gasteiger partial charge in [-0.25, -0.2) is 0 Å². The SMILES string of the molecule is CCN1CCN(C(=O)CC2CCN(c3ccncc3C)CC2)CC1. The highest BCUT2D eigenvalue weighted by atomic mass is 16.2. The Morgan fingerprint density at radius 3 is 2.50 bits per heavy atom. The third kappa shape index (κ3) is 4.07. The van der Waals surface area contributed by atoms with Crippen molar-refractivity contribution in [2.75, 3.05) is 50.7 Å². The molecule has 0 N–H and O–H groups in total. The molecule has 1 aromatic heterocycles. The molecule has 3 heterocycles. The summed E-state index contributed by atoms with van der Waals surface area (Å²) >= 11 is 0. The van der Waals surface area contributed by atoms with Crippen LogP contribution in [0.3, 0.4) is 0 Å². The van der Waals surface area contributed by atoms with Gasteiger partial charge in [0.2, 0.25) is 5.91 Å². The summed E-state index contributed by atoms with van der Waals surface area (Å²) in [6.45, 7) is 11.4. The number of hydrogen-bond donors (Lipinski definition) is 0. The molecule has 0 spiro atoms. The van der Waals surface area contributed by atoms with Gasteiger partial charge in [-0.15, -0.1) is 0 Å². The van der Waals surface area contributed by atoms with E-state index in [-0.39, 0.29) is 0 Å². The lowest BCUT2D eigenvalue weighted by atomic mass is 9.92. The van der Waals surface area contributed by atoms with Crippen molar-refractivity contribution in [2.24, 2.45) is 5.92 Å². The van der Waals surface area contributed by atoms with E-state index in [0.29, 0.717) is 11.8 Å². The molecule has 0 unspecified atom stereocenters. The predicted octanol–water partition coefficient (Wildman–Crippen LogP) is 2.16. The number of aromatic nitrogens is 1. The fraction of sp³-hybridized carbons (Fsp3) is 0.684. The maximum atomic E-state index is 12.6. The van der Waals surface area contributed by atoms with Gasteiger partial charge in [0.05, 0.1) is 0 Å². The van der Waals surface area contributed by atoms with Crippen LogP contribution >= 0.6 is 0 Å². The van der Waals surface area contributed by atoms with E-state index in [1.807, 2.05) is 12.4 Å². The molecular formula is C19H30N4O. The largest absolute Gasteiger partial charge is 0.371 e. The molecular weight excluding hydrogens is 300 g/mol. The lowest BCUT2D eigenvalue weighted by Gasteiger charge is -2.37. The molecule has 2 saturated heterocycles. The lowest BCUT2D eigenvalue weighted by Crippen LogP contribution is -2.49. The van der Waals surface area contributed by atoms with Crippen LogP contribution in [0.5, 0.6) is 0 Å². The first-order valence-electron chi connectivity index (χ1n) is 9.33. The van der Waals surface area contributed by atoms with Crippen LogP contribution in [-0.4, -0.2) is 66.5 Å². The van der Waals surface area contributed by atoms with Gasteiger partial charge in [0.1, 0.15) is 0 Å². The van der Waals surface area contributed by atoms with Crippen LogP contribution in [0.4, 0.5) is 5.69 Å². The molecule has 0 aromatic carbocycles. The standard InChI is InChI=1S/C19H30N4O/c1-3-21-10-12-23(13-11-21)19(24)14-17-5-8-22(9-6-17)18-4-7-20-15-16(18)2/h4,7,15,17H,3,5-6,8-14H2,1-2H3. The zero-order valence-corrected chi connectivity index (χ0v) is 15.1. The van der Waals surface area contributed by atoms with Crippen molar-refractivity contribution in [1.82, 2.24) is 14.8 Å². The number of nitrogens with zero attached hydrogens (tertiary/aromatic N) is 4. The zero-order chi connectivity index (χ0) is 16.9. The van der Waals surface area contributed by atoms with Crippen molar-refractivity contribution in [2.45, 2.75) is 33.1 Å². The topological polar surface area (TPSA) is 39.7 Å². The second-order valence-electron chi connectivity index (χ2n) is 7.11. The van der Waals surface area contributed by atoms with Crippen molar-refractivity contribution in [1.29, 1.82) is 0 Å². The Kier molecular flexibility index (Phi) is 5.72. The highest BCUT2D eigenvalue weighted by Gasteiger charge is 2.26. The number of carbonyl (C=O) groups is 1. The van der Waals surface area contributed by atoms with Gasteiger partial charge in [0, 0.05) is 63.8 Å². The maximum Gasteiger partial charge on any atom is 0.222 e. The van der Waals surface area contributed by atoms with Crippen molar-refractivity contribution in [3.8, 4) is 0 Å². The number of carbonyl (C=O) groups excluding carboxylic acids is 1. The highest BCUT2D eigenvalue weighted by molar-refractivity contribution is 5.76. The Morgan fingerprint density at radius 2 is 1.88 bits per heavy atom. The minimum Gasteiger partial charge on any atom is -0.371 e. The van der Waals surface area contributed by atoms with Crippen molar-refractivity contribution >= 4 is 11.6 Å². The van der Waals surface area contributed by atoms with Crippen molar-refractivity contribution < 1.29 is 4.79 Å². The van der Waals surface area contributed by atoms with Gasteiger partial charge in [-0.05, 0) is 43.9 Å². The summed E-state index contributed by atoms with van der Waals surface area (Å²) in [5.41, 5.74) is 2.53. The van der Waals surface area contributed by atoms with Crippen molar-refractivity contribution in [3.63, 3.8) is 0 Å². The van der Waals surface area contributed by atoms with Crippen LogP contribution in [0.2, 0.25) is 0 Å². The zero-order valence-electron chi connectivity index (χ0n) is 15.1. The number of aryl methyl sites for hydroxylation is 1. The molecule has 0 atom stereocenters. The molecule has 0 radical (unpaired) electrons. The molecule has 2 fully saturated rings. The summed E-state index contributed by atoms with van der Waals surface area (Å²) in [6.07, 6.45) is 6.76. The van der Waals surface area contributed by atoms with E-state index in [4.69, 9.17) is 0 Å². The van der Waals surface area contributed by atoms with Gasteiger partial charge >= 0.3 is 0 Å². The predicted molar refractivity (Wildman–Crippen MR) is 97.2 cm³/mol. The summed E-state index contributed by atoms with van der Waals surface area (Å²) in [7, 11) is 0. The third-order valence-corrected chi connectivity index (χ3v) is 5.58. The van der Waals surface area contributed by atoms with Crippen LogP contribution in [0.25, 0.3) is 0 Å². The van der Waals surface area contributed by atoms with Gasteiger partial charge in [-0.2, -0.15) is 0 Å². The molecule has 0 saturated carbocycles. The van der Waals surface area contributed by atoms with Crippen molar-refractivity contribution in [3.05, 3.63) is 24.0 Å². The van der Waals surface area contributed by atoms with E-state index in [1.165, 1.54) is 11.3 Å². The number of likely N-dealkylation sites (N-methyl/N-ethyl adjacent to an activating group) is 1. The second-order valence-corrected chi connectivity index (χ2v) is 7.11. The summed E-state index contributed by atoms with van der Waals surface area (Å²) in [5.74, 6) is 0.907. The minimum atomic E-state index is 0.365. The Hall–Kier alpha value is -1.62. The Balaban J connectivity index is 1.45. The van der Waals surface area contributed by atoms with Gasteiger partial charge in [-0.1, -0.05) is 6.92 Å². The van der Waals surface area contributed by atoms with E-state index < -0.39 is 0 Å². The quantitative estimate of drug-likeness (QED) is 0.848. The van der Waals surface area contributed by atoms with Crippen LogP contribution in [0.15, 0.2) is 18.5 Å². The molecule has 1 amide bonds. The molecule has 0 bridgehead atoms. The highest BCUT2D eigenvalue weighted by Crippen LogP contribution is 2.27. The van der Waals surface area contributed by atoms with Gasteiger partial charge in [-0.3, -0.25) is 9.78 Å². The molecule has 2 aliphatic rings. The van der Waals surface area contributed by atoms with Gasteiger partial charge in [0.15, 0.2) is 0 Å². The second kappa shape index (κ2) is 7.97. The number of piperidine rings is 1. The Labute approximate surface area is 145 Å². The number of rotatable bonds is 4. The molecule has 5 nitrogen and oxygen atoms in total. The molecule has 132 valence electrons. The van der Waals surface area contributed by atoms with Gasteiger partial charge < -0.3 is 14.7 Å². The first kappa shape index (κ1) is 17.2. The molecule has 24 heavy (non-hydrogen) atoms. The van der Waals surface area contributed by atoms with Crippen LogP contribution in [0.1, 0.15) is 31.7 Å². The Bertz CT molecular complexity index is 546. The van der Waals surface area contributed by atoms with Crippen LogP contribution in [-0.2, 0) is 4.79 Å². The van der Waals surface area contributed by atoms with E-state index >= 15 is 0 Å². The minimum absolute atomic E-state index is 0.365. The average molecular weight is 330 g/mol. The molecule has 2 aliphatic heterocycles. The van der Waals surface area contributed by atoms with E-state index in [0.717, 1.165) is 65.1 Å². The maximum absolute atomic E-state index is 12.6. The number of hydrogen-bond acceptors (Lipinski definition) is 4. The monoisotopic (exact) mass is 330 g/mol. The number of anilines is 1. The summed E-state index contributed by atoms with van der Waals surface area (Å²) in [6, 6.07) is 2.11. The van der Waals surface area contributed by atoms with E-state index in [2.05, 4.69) is 39.6 Å². The number of pyridine rings is 1. The average Bonchev–Trinajstić information content (AvgIpc) is 2.63. The van der Waals surface area contributed by atoms with E-state index in [9.17, 15) is 4.79 Å². The number of piperazine rings is 1. The normalized spacial score (nSPS) is 20.4.